The molecule has 112 valence electrons. The van der Waals surface area contributed by atoms with Gasteiger partial charge in [0, 0.05) is 18.6 Å². The number of ether oxygens (including phenoxy) is 1. The minimum absolute atomic E-state index is 0.0742. The van der Waals surface area contributed by atoms with Crippen molar-refractivity contribution in [2.45, 2.75) is 39.8 Å². The summed E-state index contributed by atoms with van der Waals surface area (Å²) < 4.78 is 5.55. The van der Waals surface area contributed by atoms with Gasteiger partial charge in [-0.3, -0.25) is 4.90 Å². The highest BCUT2D eigenvalue weighted by atomic mass is 16.5. The third kappa shape index (κ3) is 4.65. The summed E-state index contributed by atoms with van der Waals surface area (Å²) in [6, 6.07) is 0.931. The SMILES string of the molecule is CC(C)N(CCOc1cnc(C(N)=NO)cn1)C(C)C. The number of aromatic nitrogens is 2. The van der Waals surface area contributed by atoms with Crippen molar-refractivity contribution in [3.05, 3.63) is 18.1 Å². The van der Waals surface area contributed by atoms with Crippen LogP contribution in [0.3, 0.4) is 0 Å². The fraction of sp³-hybridized carbons (Fsp3) is 0.615. The van der Waals surface area contributed by atoms with Crippen molar-refractivity contribution < 1.29 is 9.94 Å². The van der Waals surface area contributed by atoms with Crippen LogP contribution in [0.5, 0.6) is 5.88 Å². The van der Waals surface area contributed by atoms with Crippen LogP contribution in [0, 0.1) is 0 Å². The van der Waals surface area contributed by atoms with E-state index in [2.05, 4.69) is 47.7 Å². The van der Waals surface area contributed by atoms with Crippen LogP contribution in [-0.4, -0.2) is 51.1 Å². The molecule has 0 atom stereocenters. The number of nitrogens with zero attached hydrogens (tertiary/aromatic N) is 4. The van der Waals surface area contributed by atoms with E-state index in [4.69, 9.17) is 15.7 Å². The first-order chi connectivity index (χ1) is 9.45. The number of hydrogen-bond donors (Lipinski definition) is 2. The van der Waals surface area contributed by atoms with E-state index in [-0.39, 0.29) is 5.84 Å². The van der Waals surface area contributed by atoms with Crippen LogP contribution in [0.2, 0.25) is 0 Å². The molecule has 0 radical (unpaired) electrons. The lowest BCUT2D eigenvalue weighted by molar-refractivity contribution is 0.140. The van der Waals surface area contributed by atoms with Crippen LogP contribution in [-0.2, 0) is 0 Å². The van der Waals surface area contributed by atoms with E-state index >= 15 is 0 Å². The second kappa shape index (κ2) is 7.64. The molecule has 0 amide bonds. The lowest BCUT2D eigenvalue weighted by atomic mass is 10.2. The Morgan fingerprint density at radius 1 is 1.30 bits per heavy atom. The summed E-state index contributed by atoms with van der Waals surface area (Å²) in [5.41, 5.74) is 5.71. The maximum absolute atomic E-state index is 8.52. The molecule has 0 saturated heterocycles. The van der Waals surface area contributed by atoms with Crippen molar-refractivity contribution in [1.82, 2.24) is 14.9 Å². The molecule has 7 nitrogen and oxygen atoms in total. The van der Waals surface area contributed by atoms with Gasteiger partial charge in [0.05, 0.1) is 12.4 Å². The van der Waals surface area contributed by atoms with Gasteiger partial charge in [0.2, 0.25) is 5.88 Å². The lowest BCUT2D eigenvalue weighted by Gasteiger charge is -2.30. The molecule has 1 rings (SSSR count). The van der Waals surface area contributed by atoms with Gasteiger partial charge in [0.25, 0.3) is 0 Å². The standard InChI is InChI=1S/C13H23N5O2/c1-9(2)18(10(3)4)5-6-20-12-8-15-11(7-16-12)13(14)17-19/h7-10,19H,5-6H2,1-4H3,(H2,14,17). The molecule has 3 N–H and O–H groups in total. The Morgan fingerprint density at radius 2 is 1.95 bits per heavy atom. The first-order valence-electron chi connectivity index (χ1n) is 6.64. The molecule has 0 aliphatic heterocycles. The average molecular weight is 281 g/mol. The molecule has 0 unspecified atom stereocenters. The van der Waals surface area contributed by atoms with E-state index in [1.54, 1.807) is 0 Å². The van der Waals surface area contributed by atoms with Crippen LogP contribution in [0.15, 0.2) is 17.5 Å². The molecule has 0 aliphatic carbocycles. The molecule has 0 saturated carbocycles. The second-order valence-corrected chi connectivity index (χ2v) is 5.00. The number of oxime groups is 1. The molecule has 20 heavy (non-hydrogen) atoms. The predicted octanol–water partition coefficient (Wildman–Crippen LogP) is 1.07. The maximum atomic E-state index is 8.52. The molecule has 7 heteroatoms. The van der Waals surface area contributed by atoms with Gasteiger partial charge in [-0.25, -0.2) is 9.97 Å². The first kappa shape index (κ1) is 16.2. The zero-order valence-corrected chi connectivity index (χ0v) is 12.4. The fourth-order valence-electron chi connectivity index (χ4n) is 1.94. The van der Waals surface area contributed by atoms with E-state index in [1.165, 1.54) is 12.4 Å². The number of hydrogen-bond acceptors (Lipinski definition) is 6. The van der Waals surface area contributed by atoms with E-state index < -0.39 is 0 Å². The van der Waals surface area contributed by atoms with Gasteiger partial charge in [0.1, 0.15) is 12.3 Å². The molecule has 0 aromatic carbocycles. The van der Waals surface area contributed by atoms with Crippen molar-refractivity contribution in [1.29, 1.82) is 0 Å². The van der Waals surface area contributed by atoms with E-state index in [1.807, 2.05) is 0 Å². The molecule has 0 aliphatic rings. The van der Waals surface area contributed by atoms with E-state index in [9.17, 15) is 0 Å². The van der Waals surface area contributed by atoms with Gasteiger partial charge < -0.3 is 15.7 Å². The van der Waals surface area contributed by atoms with Gasteiger partial charge in [-0.05, 0) is 27.7 Å². The summed E-state index contributed by atoms with van der Waals surface area (Å²) in [5, 5.41) is 11.4. The van der Waals surface area contributed by atoms with Crippen LogP contribution in [0.1, 0.15) is 33.4 Å². The van der Waals surface area contributed by atoms with Crippen molar-refractivity contribution in [2.24, 2.45) is 10.9 Å². The summed E-state index contributed by atoms with van der Waals surface area (Å²) in [6.45, 7) is 9.99. The van der Waals surface area contributed by atoms with Crippen LogP contribution in [0.4, 0.5) is 0 Å². The second-order valence-electron chi connectivity index (χ2n) is 5.00. The number of nitrogens with two attached hydrogens (primary N) is 1. The molecule has 0 spiro atoms. The Hall–Kier alpha value is -1.89. The Bertz CT molecular complexity index is 423. The van der Waals surface area contributed by atoms with Crippen molar-refractivity contribution in [3.8, 4) is 5.88 Å². The molecule has 0 bridgehead atoms. The molecule has 0 fully saturated rings. The molecular formula is C13H23N5O2. The number of rotatable bonds is 7. The zero-order valence-electron chi connectivity index (χ0n) is 12.4. The zero-order chi connectivity index (χ0) is 15.1. The van der Waals surface area contributed by atoms with Crippen molar-refractivity contribution >= 4 is 5.84 Å². The van der Waals surface area contributed by atoms with Gasteiger partial charge in [-0.2, -0.15) is 0 Å². The quantitative estimate of drug-likeness (QED) is 0.336. The summed E-state index contributed by atoms with van der Waals surface area (Å²) in [6.07, 6.45) is 2.87. The molecule has 1 aromatic rings. The highest BCUT2D eigenvalue weighted by molar-refractivity contribution is 5.94. The van der Waals surface area contributed by atoms with E-state index in [0.717, 1.165) is 6.54 Å². The summed E-state index contributed by atoms with van der Waals surface area (Å²) >= 11 is 0. The van der Waals surface area contributed by atoms with Gasteiger partial charge in [-0.1, -0.05) is 5.16 Å². The maximum Gasteiger partial charge on any atom is 0.232 e. The summed E-state index contributed by atoms with van der Waals surface area (Å²) in [5.74, 6) is 0.349. The predicted molar refractivity (Wildman–Crippen MR) is 77.0 cm³/mol. The van der Waals surface area contributed by atoms with E-state index in [0.29, 0.717) is 30.3 Å². The average Bonchev–Trinajstić information content (AvgIpc) is 2.42. The van der Waals surface area contributed by atoms with Gasteiger partial charge in [-0.15, -0.1) is 0 Å². The topological polar surface area (TPSA) is 96.9 Å². The first-order valence-corrected chi connectivity index (χ1v) is 6.64. The largest absolute Gasteiger partial charge is 0.475 e. The Morgan fingerprint density at radius 3 is 2.40 bits per heavy atom. The Kier molecular flexibility index (Phi) is 6.17. The van der Waals surface area contributed by atoms with Crippen molar-refractivity contribution in [2.75, 3.05) is 13.2 Å². The summed E-state index contributed by atoms with van der Waals surface area (Å²) in [7, 11) is 0. The Labute approximate surface area is 119 Å². The van der Waals surface area contributed by atoms with Gasteiger partial charge >= 0.3 is 0 Å². The highest BCUT2D eigenvalue weighted by Gasteiger charge is 2.13. The fourth-order valence-corrected chi connectivity index (χ4v) is 1.94. The third-order valence-electron chi connectivity index (χ3n) is 2.92. The van der Waals surface area contributed by atoms with Crippen molar-refractivity contribution in [3.63, 3.8) is 0 Å². The lowest BCUT2D eigenvalue weighted by Crippen LogP contribution is -2.39. The normalized spacial score (nSPS) is 12.4. The smallest absolute Gasteiger partial charge is 0.232 e. The number of amidine groups is 1. The monoisotopic (exact) mass is 281 g/mol. The summed E-state index contributed by atoms with van der Waals surface area (Å²) in [4.78, 5) is 10.4. The minimum atomic E-state index is -0.0742. The van der Waals surface area contributed by atoms with Crippen LogP contribution < -0.4 is 10.5 Å². The van der Waals surface area contributed by atoms with Crippen LogP contribution in [0.25, 0.3) is 0 Å². The minimum Gasteiger partial charge on any atom is -0.475 e. The highest BCUT2D eigenvalue weighted by Crippen LogP contribution is 2.07. The Balaban J connectivity index is 2.50. The molecule has 1 aromatic heterocycles. The third-order valence-corrected chi connectivity index (χ3v) is 2.92. The molecular weight excluding hydrogens is 258 g/mol. The van der Waals surface area contributed by atoms with Crippen LogP contribution >= 0.6 is 0 Å². The van der Waals surface area contributed by atoms with Gasteiger partial charge in [0.15, 0.2) is 5.84 Å². The molecule has 1 heterocycles.